The second-order valence-corrected chi connectivity index (χ2v) is 7.11. The van der Waals surface area contributed by atoms with Crippen LogP contribution in [0.3, 0.4) is 0 Å². The number of fused-ring (bicyclic) bond motifs is 1. The highest BCUT2D eigenvalue weighted by atomic mass is 16.2. The standard InChI is InChI=1S/C22H26N4O3/c1-15-7-9-16(10-8-15)13-19-22(29)24-12-4-11-23-18-6-3-2-5-17(18)21(28)25-14-20(27)26-19/h2-3,5-10,19,23H,4,11-14H2,1H3,(H,24,29)(H,25,28)(H,26,27)/t19-/m0/s1. The van der Waals surface area contributed by atoms with Gasteiger partial charge in [-0.25, -0.2) is 0 Å². The summed E-state index contributed by atoms with van der Waals surface area (Å²) in [5.41, 5.74) is 3.27. The fraction of sp³-hybridized carbons (Fsp3) is 0.318. The van der Waals surface area contributed by atoms with Crippen LogP contribution in [-0.4, -0.2) is 43.4 Å². The molecule has 0 saturated heterocycles. The third-order valence-electron chi connectivity index (χ3n) is 4.76. The number of carbonyl (C=O) groups is 3. The molecule has 1 heterocycles. The topological polar surface area (TPSA) is 99.3 Å². The van der Waals surface area contributed by atoms with Crippen LogP contribution in [0.1, 0.15) is 27.9 Å². The number of hydrogen-bond donors (Lipinski definition) is 4. The lowest BCUT2D eigenvalue weighted by atomic mass is 10.0. The molecule has 0 aromatic heterocycles. The number of carbonyl (C=O) groups excluding carboxylic acids is 3. The summed E-state index contributed by atoms with van der Waals surface area (Å²) >= 11 is 0. The van der Waals surface area contributed by atoms with Crippen molar-refractivity contribution in [3.63, 3.8) is 0 Å². The average Bonchev–Trinajstić information content (AvgIpc) is 2.72. The highest BCUT2D eigenvalue weighted by Gasteiger charge is 2.22. The van der Waals surface area contributed by atoms with Gasteiger partial charge in [-0.3, -0.25) is 14.4 Å². The van der Waals surface area contributed by atoms with Gasteiger partial charge in [-0.1, -0.05) is 42.0 Å². The summed E-state index contributed by atoms with van der Waals surface area (Å²) in [5, 5.41) is 11.5. The summed E-state index contributed by atoms with van der Waals surface area (Å²) in [6, 6.07) is 14.3. The van der Waals surface area contributed by atoms with Crippen LogP contribution >= 0.6 is 0 Å². The zero-order chi connectivity index (χ0) is 20.6. The maximum Gasteiger partial charge on any atom is 0.253 e. The number of benzene rings is 2. The molecule has 0 spiro atoms. The van der Waals surface area contributed by atoms with E-state index in [2.05, 4.69) is 21.3 Å². The predicted molar refractivity (Wildman–Crippen MR) is 112 cm³/mol. The van der Waals surface area contributed by atoms with E-state index < -0.39 is 11.9 Å². The Labute approximate surface area is 170 Å². The smallest absolute Gasteiger partial charge is 0.253 e. The molecule has 7 heteroatoms. The van der Waals surface area contributed by atoms with Gasteiger partial charge in [0.2, 0.25) is 11.8 Å². The third-order valence-corrected chi connectivity index (χ3v) is 4.76. The number of aryl methyl sites for hydroxylation is 1. The molecule has 2 aromatic carbocycles. The van der Waals surface area contributed by atoms with Gasteiger partial charge in [-0.15, -0.1) is 0 Å². The van der Waals surface area contributed by atoms with Crippen molar-refractivity contribution in [1.29, 1.82) is 0 Å². The SMILES string of the molecule is Cc1ccc(C[C@@H]2NC(=O)CNC(=O)c3ccccc3NCCCNC2=O)cc1. The molecule has 1 atom stereocenters. The highest BCUT2D eigenvalue weighted by Crippen LogP contribution is 2.15. The molecule has 0 unspecified atom stereocenters. The molecule has 0 fully saturated rings. The lowest BCUT2D eigenvalue weighted by Gasteiger charge is -2.20. The first kappa shape index (κ1) is 20.4. The number of nitrogens with one attached hydrogen (secondary N) is 4. The summed E-state index contributed by atoms with van der Waals surface area (Å²) in [4.78, 5) is 37.5. The van der Waals surface area contributed by atoms with Gasteiger partial charge in [0, 0.05) is 25.2 Å². The minimum atomic E-state index is -0.703. The van der Waals surface area contributed by atoms with Crippen LogP contribution in [0.5, 0.6) is 0 Å². The normalized spacial score (nSPS) is 18.4. The Hall–Kier alpha value is -3.35. The van der Waals surface area contributed by atoms with Gasteiger partial charge in [-0.2, -0.15) is 0 Å². The lowest BCUT2D eigenvalue weighted by Crippen LogP contribution is -2.51. The molecule has 3 amide bonds. The fourth-order valence-electron chi connectivity index (χ4n) is 3.15. The predicted octanol–water partition coefficient (Wildman–Crippen LogP) is 1.38. The number of rotatable bonds is 2. The van der Waals surface area contributed by atoms with Crippen molar-refractivity contribution in [3.05, 3.63) is 65.2 Å². The molecule has 4 N–H and O–H groups in total. The Morgan fingerprint density at radius 3 is 2.41 bits per heavy atom. The van der Waals surface area contributed by atoms with E-state index in [1.54, 1.807) is 12.1 Å². The number of anilines is 1. The second-order valence-electron chi connectivity index (χ2n) is 7.11. The molecular formula is C22H26N4O3. The van der Waals surface area contributed by atoms with Gasteiger partial charge in [0.25, 0.3) is 5.91 Å². The van der Waals surface area contributed by atoms with Crippen molar-refractivity contribution < 1.29 is 14.4 Å². The van der Waals surface area contributed by atoms with E-state index in [4.69, 9.17) is 0 Å². The number of hydrogen-bond acceptors (Lipinski definition) is 4. The van der Waals surface area contributed by atoms with Crippen molar-refractivity contribution in [2.45, 2.75) is 25.8 Å². The Bertz CT molecular complexity index is 880. The summed E-state index contributed by atoms with van der Waals surface area (Å²) in [7, 11) is 0. The van der Waals surface area contributed by atoms with Crippen LogP contribution in [0.2, 0.25) is 0 Å². The first-order valence-corrected chi connectivity index (χ1v) is 9.76. The van der Waals surface area contributed by atoms with Gasteiger partial charge >= 0.3 is 0 Å². The van der Waals surface area contributed by atoms with E-state index in [-0.39, 0.29) is 18.4 Å². The molecule has 2 aromatic rings. The van der Waals surface area contributed by atoms with Crippen LogP contribution < -0.4 is 21.3 Å². The average molecular weight is 394 g/mol. The van der Waals surface area contributed by atoms with Crippen molar-refractivity contribution in [2.24, 2.45) is 0 Å². The first-order chi connectivity index (χ1) is 14.0. The molecule has 1 aliphatic heterocycles. The summed E-state index contributed by atoms with van der Waals surface area (Å²) in [6.45, 7) is 2.87. The Kier molecular flexibility index (Phi) is 6.84. The van der Waals surface area contributed by atoms with Gasteiger partial charge in [0.1, 0.15) is 6.04 Å². The molecule has 0 bridgehead atoms. The first-order valence-electron chi connectivity index (χ1n) is 9.76. The van der Waals surface area contributed by atoms with E-state index in [1.165, 1.54) is 0 Å². The van der Waals surface area contributed by atoms with Crippen LogP contribution in [0.25, 0.3) is 0 Å². The molecule has 0 saturated carbocycles. The van der Waals surface area contributed by atoms with Gasteiger partial charge in [0.15, 0.2) is 0 Å². The lowest BCUT2D eigenvalue weighted by molar-refractivity contribution is -0.128. The van der Waals surface area contributed by atoms with Crippen LogP contribution in [-0.2, 0) is 16.0 Å². The molecule has 7 nitrogen and oxygen atoms in total. The van der Waals surface area contributed by atoms with Crippen LogP contribution in [0.4, 0.5) is 5.69 Å². The molecule has 1 aliphatic rings. The minimum absolute atomic E-state index is 0.204. The van der Waals surface area contributed by atoms with Gasteiger partial charge < -0.3 is 21.3 Å². The fourth-order valence-corrected chi connectivity index (χ4v) is 3.15. The minimum Gasteiger partial charge on any atom is -0.384 e. The van der Waals surface area contributed by atoms with Crippen molar-refractivity contribution in [3.8, 4) is 0 Å². The highest BCUT2D eigenvalue weighted by molar-refractivity contribution is 6.01. The maximum atomic E-state index is 12.6. The summed E-state index contributed by atoms with van der Waals surface area (Å²) in [6.07, 6.45) is 1.07. The molecule has 3 rings (SSSR count). The summed E-state index contributed by atoms with van der Waals surface area (Å²) in [5.74, 6) is -0.976. The third kappa shape index (κ3) is 5.81. The molecule has 29 heavy (non-hydrogen) atoms. The van der Waals surface area contributed by atoms with E-state index in [9.17, 15) is 14.4 Å². The summed E-state index contributed by atoms with van der Waals surface area (Å²) < 4.78 is 0. The Morgan fingerprint density at radius 1 is 0.897 bits per heavy atom. The molecular weight excluding hydrogens is 368 g/mol. The van der Waals surface area contributed by atoms with Gasteiger partial charge in [-0.05, 0) is 31.0 Å². The van der Waals surface area contributed by atoms with E-state index in [0.717, 1.165) is 11.1 Å². The second kappa shape index (κ2) is 9.73. The van der Waals surface area contributed by atoms with E-state index in [1.807, 2.05) is 43.3 Å². The van der Waals surface area contributed by atoms with Crippen LogP contribution in [0, 0.1) is 6.92 Å². The zero-order valence-corrected chi connectivity index (χ0v) is 16.5. The molecule has 0 radical (unpaired) electrons. The maximum absolute atomic E-state index is 12.6. The largest absolute Gasteiger partial charge is 0.384 e. The van der Waals surface area contributed by atoms with Crippen molar-refractivity contribution >= 4 is 23.4 Å². The molecule has 0 aliphatic carbocycles. The Morgan fingerprint density at radius 2 is 1.62 bits per heavy atom. The Balaban J connectivity index is 1.73. The quantitative estimate of drug-likeness (QED) is 0.618. The van der Waals surface area contributed by atoms with Gasteiger partial charge in [0.05, 0.1) is 12.1 Å². The van der Waals surface area contributed by atoms with Crippen molar-refractivity contribution in [2.75, 3.05) is 25.0 Å². The van der Waals surface area contributed by atoms with E-state index >= 15 is 0 Å². The van der Waals surface area contributed by atoms with Crippen LogP contribution in [0.15, 0.2) is 48.5 Å². The monoisotopic (exact) mass is 394 g/mol. The molecule has 152 valence electrons. The van der Waals surface area contributed by atoms with Crippen molar-refractivity contribution in [1.82, 2.24) is 16.0 Å². The number of amides is 3. The van der Waals surface area contributed by atoms with E-state index in [0.29, 0.717) is 37.2 Å². The zero-order valence-electron chi connectivity index (χ0n) is 16.5. The number of para-hydroxylation sites is 1.